The second-order valence-corrected chi connectivity index (χ2v) is 6.05. The summed E-state index contributed by atoms with van der Waals surface area (Å²) in [4.78, 5) is 2.11. The molecular formula is C13H17ClIN3O. The SMILES string of the molecule is CN(C)CCOCCn1nc(I)c2cc(Cl)ccc21. The largest absolute Gasteiger partial charge is 0.378 e. The van der Waals surface area contributed by atoms with Crippen LogP contribution in [-0.4, -0.2) is 48.5 Å². The Kier molecular flexibility index (Phi) is 5.44. The number of benzene rings is 1. The van der Waals surface area contributed by atoms with Crippen LogP contribution in [0.1, 0.15) is 0 Å². The molecule has 0 unspecified atom stereocenters. The fourth-order valence-electron chi connectivity index (χ4n) is 1.78. The van der Waals surface area contributed by atoms with Crippen molar-refractivity contribution in [1.29, 1.82) is 0 Å². The van der Waals surface area contributed by atoms with Crippen molar-refractivity contribution in [2.45, 2.75) is 6.54 Å². The van der Waals surface area contributed by atoms with E-state index in [-0.39, 0.29) is 0 Å². The summed E-state index contributed by atoms with van der Waals surface area (Å²) in [6.45, 7) is 3.11. The molecule has 1 aromatic carbocycles. The van der Waals surface area contributed by atoms with Gasteiger partial charge in [-0.25, -0.2) is 0 Å². The molecule has 0 spiro atoms. The van der Waals surface area contributed by atoms with Gasteiger partial charge in [-0.2, -0.15) is 5.10 Å². The number of likely N-dealkylation sites (N-methyl/N-ethyl adjacent to an activating group) is 1. The van der Waals surface area contributed by atoms with Crippen molar-refractivity contribution in [3.63, 3.8) is 0 Å². The summed E-state index contributed by atoms with van der Waals surface area (Å²) in [5, 5.41) is 6.36. The maximum atomic E-state index is 6.01. The maximum Gasteiger partial charge on any atom is 0.131 e. The summed E-state index contributed by atoms with van der Waals surface area (Å²) < 4.78 is 8.55. The molecule has 2 aromatic rings. The Balaban J connectivity index is 1.97. The van der Waals surface area contributed by atoms with Crippen molar-refractivity contribution in [1.82, 2.24) is 14.7 Å². The van der Waals surface area contributed by atoms with E-state index in [4.69, 9.17) is 16.3 Å². The number of nitrogens with zero attached hydrogens (tertiary/aromatic N) is 3. The van der Waals surface area contributed by atoms with Crippen molar-refractivity contribution in [3.8, 4) is 0 Å². The molecule has 0 saturated carbocycles. The van der Waals surface area contributed by atoms with Crippen LogP contribution < -0.4 is 0 Å². The van der Waals surface area contributed by atoms with Crippen molar-refractivity contribution >= 4 is 45.1 Å². The first kappa shape index (κ1) is 15.0. The highest BCUT2D eigenvalue weighted by atomic mass is 127. The highest BCUT2D eigenvalue weighted by Gasteiger charge is 2.08. The molecule has 1 aromatic heterocycles. The summed E-state index contributed by atoms with van der Waals surface area (Å²) in [5.74, 6) is 0. The number of rotatable bonds is 6. The van der Waals surface area contributed by atoms with Crippen LogP contribution in [0.3, 0.4) is 0 Å². The second-order valence-electron chi connectivity index (χ2n) is 4.59. The molecule has 0 aliphatic rings. The summed E-state index contributed by atoms with van der Waals surface area (Å²) in [5.41, 5.74) is 1.10. The summed E-state index contributed by atoms with van der Waals surface area (Å²) >= 11 is 8.24. The lowest BCUT2D eigenvalue weighted by atomic mass is 10.2. The van der Waals surface area contributed by atoms with Gasteiger partial charge >= 0.3 is 0 Å². The normalized spacial score (nSPS) is 11.6. The number of halogens is 2. The lowest BCUT2D eigenvalue weighted by Crippen LogP contribution is -2.19. The fourth-order valence-corrected chi connectivity index (χ4v) is 2.65. The third-order valence-corrected chi connectivity index (χ3v) is 3.83. The fraction of sp³-hybridized carbons (Fsp3) is 0.462. The van der Waals surface area contributed by atoms with Gasteiger partial charge in [0, 0.05) is 17.0 Å². The van der Waals surface area contributed by atoms with Crippen LogP contribution >= 0.6 is 34.2 Å². The van der Waals surface area contributed by atoms with Crippen LogP contribution in [0.2, 0.25) is 5.02 Å². The Morgan fingerprint density at radius 1 is 1.37 bits per heavy atom. The van der Waals surface area contributed by atoms with E-state index in [2.05, 4.69) is 32.6 Å². The van der Waals surface area contributed by atoms with E-state index >= 15 is 0 Å². The molecule has 0 radical (unpaired) electrons. The minimum Gasteiger partial charge on any atom is -0.378 e. The molecule has 0 N–H and O–H groups in total. The third kappa shape index (κ3) is 4.05. The second kappa shape index (κ2) is 6.88. The first-order valence-corrected chi connectivity index (χ1v) is 7.57. The van der Waals surface area contributed by atoms with Crippen molar-refractivity contribution in [2.24, 2.45) is 0 Å². The minimum absolute atomic E-state index is 0.670. The molecular weight excluding hydrogens is 377 g/mol. The monoisotopic (exact) mass is 393 g/mol. The predicted octanol–water partition coefficient (Wildman–Crippen LogP) is 2.87. The van der Waals surface area contributed by atoms with E-state index in [0.717, 1.165) is 39.3 Å². The van der Waals surface area contributed by atoms with Gasteiger partial charge in [-0.1, -0.05) is 11.6 Å². The summed E-state index contributed by atoms with van der Waals surface area (Å²) in [7, 11) is 4.08. The van der Waals surface area contributed by atoms with Crippen LogP contribution in [0.25, 0.3) is 10.9 Å². The highest BCUT2D eigenvalue weighted by molar-refractivity contribution is 14.1. The van der Waals surface area contributed by atoms with E-state index in [1.54, 1.807) is 0 Å². The van der Waals surface area contributed by atoms with Crippen molar-refractivity contribution < 1.29 is 4.74 Å². The predicted molar refractivity (Wildman–Crippen MR) is 86.8 cm³/mol. The smallest absolute Gasteiger partial charge is 0.131 e. The average Bonchev–Trinajstić information content (AvgIpc) is 2.65. The summed E-state index contributed by atoms with van der Waals surface area (Å²) in [6, 6.07) is 5.85. The van der Waals surface area contributed by atoms with Gasteiger partial charge in [0.1, 0.15) is 3.70 Å². The molecule has 1 heterocycles. The number of hydrogen-bond acceptors (Lipinski definition) is 3. The number of hydrogen-bond donors (Lipinski definition) is 0. The molecule has 4 nitrogen and oxygen atoms in total. The molecule has 0 bridgehead atoms. The maximum absolute atomic E-state index is 6.01. The lowest BCUT2D eigenvalue weighted by Gasteiger charge is -2.10. The van der Waals surface area contributed by atoms with Gasteiger partial charge < -0.3 is 9.64 Å². The molecule has 0 atom stereocenters. The Bertz CT molecular complexity index is 556. The third-order valence-electron chi connectivity index (χ3n) is 2.80. The number of aromatic nitrogens is 2. The first-order valence-electron chi connectivity index (χ1n) is 6.12. The number of ether oxygens (including phenoxy) is 1. The molecule has 2 rings (SSSR count). The Morgan fingerprint density at radius 3 is 2.89 bits per heavy atom. The van der Waals surface area contributed by atoms with E-state index in [9.17, 15) is 0 Å². The molecule has 0 amide bonds. The van der Waals surface area contributed by atoms with Crippen LogP contribution in [-0.2, 0) is 11.3 Å². The van der Waals surface area contributed by atoms with Gasteiger partial charge in [0.05, 0.1) is 25.3 Å². The van der Waals surface area contributed by atoms with Crippen molar-refractivity contribution in [3.05, 3.63) is 26.9 Å². The van der Waals surface area contributed by atoms with Gasteiger partial charge in [-0.3, -0.25) is 4.68 Å². The molecule has 19 heavy (non-hydrogen) atoms. The zero-order valence-corrected chi connectivity index (χ0v) is 14.0. The average molecular weight is 394 g/mol. The van der Waals surface area contributed by atoms with Gasteiger partial charge in [-0.05, 0) is 54.9 Å². The van der Waals surface area contributed by atoms with Crippen LogP contribution in [0, 0.1) is 3.70 Å². The van der Waals surface area contributed by atoms with Crippen molar-refractivity contribution in [2.75, 3.05) is 33.9 Å². The van der Waals surface area contributed by atoms with Gasteiger partial charge in [0.2, 0.25) is 0 Å². The van der Waals surface area contributed by atoms with Gasteiger partial charge in [0.25, 0.3) is 0 Å². The topological polar surface area (TPSA) is 30.3 Å². The molecule has 6 heteroatoms. The van der Waals surface area contributed by atoms with E-state index in [1.165, 1.54) is 0 Å². The quantitative estimate of drug-likeness (QED) is 0.558. The zero-order chi connectivity index (χ0) is 13.8. The highest BCUT2D eigenvalue weighted by Crippen LogP contribution is 2.23. The van der Waals surface area contributed by atoms with E-state index < -0.39 is 0 Å². The van der Waals surface area contributed by atoms with E-state index in [1.807, 2.05) is 37.0 Å². The first-order chi connectivity index (χ1) is 9.08. The summed E-state index contributed by atoms with van der Waals surface area (Å²) in [6.07, 6.45) is 0. The zero-order valence-electron chi connectivity index (χ0n) is 11.1. The molecule has 0 saturated heterocycles. The standard InChI is InChI=1S/C13H17ClIN3O/c1-17(2)5-7-19-8-6-18-12-4-3-10(14)9-11(12)13(15)16-18/h3-4,9H,5-8H2,1-2H3. The molecule has 0 fully saturated rings. The van der Waals surface area contributed by atoms with Gasteiger partial charge in [0.15, 0.2) is 0 Å². The van der Waals surface area contributed by atoms with Crippen LogP contribution in [0.4, 0.5) is 0 Å². The van der Waals surface area contributed by atoms with Gasteiger partial charge in [-0.15, -0.1) is 0 Å². The Labute approximate surface area is 131 Å². The number of fused-ring (bicyclic) bond motifs is 1. The van der Waals surface area contributed by atoms with E-state index in [0.29, 0.717) is 6.61 Å². The molecule has 0 aliphatic carbocycles. The van der Waals surface area contributed by atoms with Crippen LogP contribution in [0.5, 0.6) is 0 Å². The Morgan fingerprint density at radius 2 is 2.16 bits per heavy atom. The lowest BCUT2D eigenvalue weighted by molar-refractivity contribution is 0.109. The minimum atomic E-state index is 0.670. The Hall–Kier alpha value is -0.370. The van der Waals surface area contributed by atoms with Crippen LogP contribution in [0.15, 0.2) is 18.2 Å². The molecule has 104 valence electrons. The molecule has 0 aliphatic heterocycles.